The molecule has 6 heteroatoms. The van der Waals surface area contributed by atoms with Gasteiger partial charge in [0.1, 0.15) is 12.3 Å². The molecule has 0 saturated heterocycles. The van der Waals surface area contributed by atoms with Gasteiger partial charge in [-0.1, -0.05) is 24.3 Å². The molecular formula is C21H23NO5. The normalized spacial score (nSPS) is 11.4. The van der Waals surface area contributed by atoms with Crippen LogP contribution in [-0.4, -0.2) is 37.4 Å². The number of ketones is 1. The first-order valence-corrected chi connectivity index (χ1v) is 8.55. The highest BCUT2D eigenvalue weighted by Gasteiger charge is 2.20. The van der Waals surface area contributed by atoms with E-state index in [0.717, 1.165) is 11.1 Å². The molecule has 27 heavy (non-hydrogen) atoms. The van der Waals surface area contributed by atoms with Crippen LogP contribution in [0.25, 0.3) is 0 Å². The molecule has 1 amide bonds. The third kappa shape index (κ3) is 5.17. The van der Waals surface area contributed by atoms with Crippen LogP contribution in [0.15, 0.2) is 42.5 Å². The number of Topliss-reactive ketones (excluding diaryl/α,β-unsaturated/α-hetero) is 1. The van der Waals surface area contributed by atoms with E-state index in [1.54, 1.807) is 36.4 Å². The smallest absolute Gasteiger partial charge is 0.326 e. The van der Waals surface area contributed by atoms with Crippen molar-refractivity contribution in [2.75, 3.05) is 13.7 Å². The Hall–Kier alpha value is -3.15. The third-order valence-corrected chi connectivity index (χ3v) is 4.21. The lowest BCUT2D eigenvalue weighted by Gasteiger charge is -2.14. The van der Waals surface area contributed by atoms with Crippen LogP contribution in [-0.2, 0) is 9.53 Å². The van der Waals surface area contributed by atoms with Crippen LogP contribution in [0.4, 0.5) is 0 Å². The lowest BCUT2D eigenvalue weighted by atomic mass is 10.0. The van der Waals surface area contributed by atoms with Crippen LogP contribution in [0.5, 0.6) is 5.75 Å². The van der Waals surface area contributed by atoms with Gasteiger partial charge in [-0.15, -0.1) is 0 Å². The molecule has 1 N–H and O–H groups in total. The molecule has 0 fully saturated rings. The fraction of sp³-hybridized carbons (Fsp3) is 0.286. The molecule has 0 aliphatic carbocycles. The second-order valence-electron chi connectivity index (χ2n) is 6.18. The summed E-state index contributed by atoms with van der Waals surface area (Å²) in [5, 5.41) is 2.47. The Balaban J connectivity index is 1.91. The van der Waals surface area contributed by atoms with Gasteiger partial charge in [0.2, 0.25) is 5.78 Å². The first kappa shape index (κ1) is 20.2. The molecule has 0 bridgehead atoms. The standard InChI is InChI=1S/C21H23NO5/c1-13-9-10-16(11-14(13)2)20(24)15(3)27-19(23)12-22-21(25)17-7-5-6-8-18(17)26-4/h5-11,15H,12H2,1-4H3,(H,22,25). The zero-order valence-corrected chi connectivity index (χ0v) is 15.9. The second-order valence-corrected chi connectivity index (χ2v) is 6.18. The van der Waals surface area contributed by atoms with E-state index in [1.807, 2.05) is 19.9 Å². The van der Waals surface area contributed by atoms with Crippen LogP contribution in [0.1, 0.15) is 38.8 Å². The Morgan fingerprint density at radius 1 is 1.04 bits per heavy atom. The van der Waals surface area contributed by atoms with Crippen molar-refractivity contribution in [1.29, 1.82) is 0 Å². The first-order valence-electron chi connectivity index (χ1n) is 8.55. The summed E-state index contributed by atoms with van der Waals surface area (Å²) in [6, 6.07) is 12.0. The molecule has 2 aromatic rings. The molecular weight excluding hydrogens is 346 g/mol. The fourth-order valence-electron chi connectivity index (χ4n) is 2.50. The monoisotopic (exact) mass is 369 g/mol. The number of methoxy groups -OCH3 is 1. The van der Waals surface area contributed by atoms with Gasteiger partial charge in [-0.05, 0) is 50.1 Å². The predicted molar refractivity (Wildman–Crippen MR) is 101 cm³/mol. The quantitative estimate of drug-likeness (QED) is 0.599. The van der Waals surface area contributed by atoms with Crippen LogP contribution in [0, 0.1) is 13.8 Å². The highest BCUT2D eigenvalue weighted by Crippen LogP contribution is 2.17. The summed E-state index contributed by atoms with van der Waals surface area (Å²) in [5.74, 6) is -1.04. The van der Waals surface area contributed by atoms with Crippen LogP contribution in [0.3, 0.4) is 0 Å². The van der Waals surface area contributed by atoms with Crippen molar-refractivity contribution in [2.24, 2.45) is 0 Å². The molecule has 0 radical (unpaired) electrons. The predicted octanol–water partition coefficient (Wildman–Crippen LogP) is 2.86. The van der Waals surface area contributed by atoms with E-state index in [4.69, 9.17) is 9.47 Å². The molecule has 0 heterocycles. The Kier molecular flexibility index (Phi) is 6.71. The van der Waals surface area contributed by atoms with E-state index < -0.39 is 18.0 Å². The van der Waals surface area contributed by atoms with E-state index in [0.29, 0.717) is 16.9 Å². The van der Waals surface area contributed by atoms with Gasteiger partial charge in [-0.2, -0.15) is 0 Å². The average Bonchev–Trinajstić information content (AvgIpc) is 2.67. The first-order chi connectivity index (χ1) is 12.8. The van der Waals surface area contributed by atoms with Gasteiger partial charge < -0.3 is 14.8 Å². The minimum atomic E-state index is -0.942. The van der Waals surface area contributed by atoms with E-state index in [2.05, 4.69) is 5.32 Å². The van der Waals surface area contributed by atoms with Gasteiger partial charge in [0.15, 0.2) is 6.10 Å². The summed E-state index contributed by atoms with van der Waals surface area (Å²) in [7, 11) is 1.46. The summed E-state index contributed by atoms with van der Waals surface area (Å²) in [4.78, 5) is 36.6. The van der Waals surface area contributed by atoms with E-state index in [9.17, 15) is 14.4 Å². The summed E-state index contributed by atoms with van der Waals surface area (Å²) >= 11 is 0. The van der Waals surface area contributed by atoms with Gasteiger partial charge in [0.05, 0.1) is 12.7 Å². The van der Waals surface area contributed by atoms with Crippen molar-refractivity contribution >= 4 is 17.7 Å². The number of hydrogen-bond donors (Lipinski definition) is 1. The zero-order valence-electron chi connectivity index (χ0n) is 15.9. The zero-order chi connectivity index (χ0) is 20.0. The number of hydrogen-bond acceptors (Lipinski definition) is 5. The van der Waals surface area contributed by atoms with Crippen LogP contribution in [0.2, 0.25) is 0 Å². The SMILES string of the molecule is COc1ccccc1C(=O)NCC(=O)OC(C)C(=O)c1ccc(C)c(C)c1. The number of carbonyl (C=O) groups is 3. The Morgan fingerprint density at radius 3 is 2.41 bits per heavy atom. The molecule has 2 aromatic carbocycles. The Morgan fingerprint density at radius 2 is 1.74 bits per heavy atom. The fourth-order valence-corrected chi connectivity index (χ4v) is 2.50. The molecule has 1 unspecified atom stereocenters. The van der Waals surface area contributed by atoms with Gasteiger partial charge in [0, 0.05) is 5.56 Å². The molecule has 0 spiro atoms. The largest absolute Gasteiger partial charge is 0.496 e. The Bertz CT molecular complexity index is 859. The summed E-state index contributed by atoms with van der Waals surface area (Å²) in [6.07, 6.45) is -0.942. The van der Waals surface area contributed by atoms with E-state index in [-0.39, 0.29) is 12.3 Å². The maximum atomic E-state index is 12.4. The topological polar surface area (TPSA) is 81.7 Å². The van der Waals surface area contributed by atoms with Crippen molar-refractivity contribution in [3.8, 4) is 5.75 Å². The molecule has 6 nitrogen and oxygen atoms in total. The van der Waals surface area contributed by atoms with Crippen molar-refractivity contribution in [1.82, 2.24) is 5.32 Å². The van der Waals surface area contributed by atoms with Crippen molar-refractivity contribution in [3.63, 3.8) is 0 Å². The van der Waals surface area contributed by atoms with Crippen molar-refractivity contribution in [3.05, 3.63) is 64.7 Å². The van der Waals surface area contributed by atoms with Gasteiger partial charge in [-0.3, -0.25) is 14.4 Å². The highest BCUT2D eigenvalue weighted by atomic mass is 16.5. The number of carbonyl (C=O) groups excluding carboxylic acids is 3. The summed E-state index contributed by atoms with van der Waals surface area (Å²) in [6.45, 7) is 5.03. The van der Waals surface area contributed by atoms with Crippen LogP contribution >= 0.6 is 0 Å². The molecule has 0 aliphatic rings. The minimum Gasteiger partial charge on any atom is -0.496 e. The minimum absolute atomic E-state index is 0.289. The number of benzene rings is 2. The maximum Gasteiger partial charge on any atom is 0.326 e. The lowest BCUT2D eigenvalue weighted by Crippen LogP contribution is -2.34. The van der Waals surface area contributed by atoms with Crippen molar-refractivity contribution in [2.45, 2.75) is 26.9 Å². The average molecular weight is 369 g/mol. The number of nitrogens with one attached hydrogen (secondary N) is 1. The Labute approximate surface area is 158 Å². The van der Waals surface area contributed by atoms with Gasteiger partial charge in [0.25, 0.3) is 5.91 Å². The summed E-state index contributed by atoms with van der Waals surface area (Å²) < 4.78 is 10.3. The maximum absolute atomic E-state index is 12.4. The third-order valence-electron chi connectivity index (χ3n) is 4.21. The molecule has 2 rings (SSSR count). The number of ether oxygens (including phenoxy) is 2. The van der Waals surface area contributed by atoms with Gasteiger partial charge in [-0.25, -0.2) is 0 Å². The second kappa shape index (κ2) is 8.98. The van der Waals surface area contributed by atoms with E-state index >= 15 is 0 Å². The lowest BCUT2D eigenvalue weighted by molar-refractivity contribution is -0.145. The van der Waals surface area contributed by atoms with Crippen LogP contribution < -0.4 is 10.1 Å². The highest BCUT2D eigenvalue weighted by molar-refractivity contribution is 6.01. The molecule has 0 aliphatic heterocycles. The number of esters is 1. The number of rotatable bonds is 7. The summed E-state index contributed by atoms with van der Waals surface area (Å²) in [5.41, 5.74) is 2.86. The number of para-hydroxylation sites is 1. The number of amides is 1. The molecule has 142 valence electrons. The molecule has 0 saturated carbocycles. The number of aryl methyl sites for hydroxylation is 2. The molecule has 0 aromatic heterocycles. The van der Waals surface area contributed by atoms with Crippen molar-refractivity contribution < 1.29 is 23.9 Å². The van der Waals surface area contributed by atoms with Gasteiger partial charge >= 0.3 is 5.97 Å². The molecule has 1 atom stereocenters. The van der Waals surface area contributed by atoms with E-state index in [1.165, 1.54) is 14.0 Å².